The smallest absolute Gasteiger partial charge is 0.345 e. The molecule has 0 atom stereocenters. The third kappa shape index (κ3) is 2.84. The maximum Gasteiger partial charge on any atom is 0.345 e. The Morgan fingerprint density at radius 1 is 1.45 bits per heavy atom. The maximum absolute atomic E-state index is 12.5. The Morgan fingerprint density at radius 2 is 2.15 bits per heavy atom. The van der Waals surface area contributed by atoms with Crippen molar-refractivity contribution in [3.63, 3.8) is 0 Å². The van der Waals surface area contributed by atoms with Crippen LogP contribution in [0.15, 0.2) is 11.0 Å². The van der Waals surface area contributed by atoms with E-state index in [0.717, 1.165) is 11.3 Å². The molecule has 9 heteroatoms. The van der Waals surface area contributed by atoms with Crippen molar-refractivity contribution in [1.82, 2.24) is 9.62 Å². The Bertz CT molecular complexity index is 650. The second kappa shape index (κ2) is 5.51. The van der Waals surface area contributed by atoms with Crippen LogP contribution in [0, 0.1) is 6.92 Å². The van der Waals surface area contributed by atoms with Crippen LogP contribution in [0.5, 0.6) is 0 Å². The Hall–Kier alpha value is -1.45. The number of amides is 1. The van der Waals surface area contributed by atoms with Crippen LogP contribution in [0.25, 0.3) is 0 Å². The summed E-state index contributed by atoms with van der Waals surface area (Å²) in [4.78, 5) is 22.6. The van der Waals surface area contributed by atoms with Crippen molar-refractivity contribution in [1.29, 1.82) is 0 Å². The number of carbonyl (C=O) groups is 2. The molecule has 0 saturated carbocycles. The van der Waals surface area contributed by atoms with Crippen LogP contribution in [0.2, 0.25) is 0 Å². The Kier molecular flexibility index (Phi) is 4.11. The predicted octanol–water partition coefficient (Wildman–Crippen LogP) is 0.265. The lowest BCUT2D eigenvalue weighted by molar-refractivity contribution is -0.120. The molecule has 0 radical (unpaired) electrons. The number of hydrogen-bond acceptors (Lipinski definition) is 5. The number of nitrogens with zero attached hydrogens (tertiary/aromatic N) is 1. The highest BCUT2D eigenvalue weighted by atomic mass is 32.2. The summed E-state index contributed by atoms with van der Waals surface area (Å²) in [6.45, 7) is 2.12. The van der Waals surface area contributed by atoms with Gasteiger partial charge in [0.05, 0.1) is 4.90 Å². The number of carboxylic acid groups (broad SMARTS) is 1. The quantitative estimate of drug-likeness (QED) is 0.832. The summed E-state index contributed by atoms with van der Waals surface area (Å²) in [6, 6.07) is 1.18. The number of carboxylic acids is 1. The third-order valence-electron chi connectivity index (χ3n) is 2.97. The number of thiophene rings is 1. The molecule has 0 spiro atoms. The molecule has 2 heterocycles. The van der Waals surface area contributed by atoms with Gasteiger partial charge in [0, 0.05) is 30.9 Å². The SMILES string of the molecule is Cc1sc(C(=O)O)cc1S(=O)(=O)N1CCNC(=O)CC1. The van der Waals surface area contributed by atoms with Gasteiger partial charge in [-0.15, -0.1) is 11.3 Å². The lowest BCUT2D eigenvalue weighted by Gasteiger charge is -2.18. The predicted molar refractivity (Wildman–Crippen MR) is 72.4 cm³/mol. The van der Waals surface area contributed by atoms with E-state index < -0.39 is 16.0 Å². The number of sulfonamides is 1. The summed E-state index contributed by atoms with van der Waals surface area (Å²) in [6.07, 6.45) is 0.105. The lowest BCUT2D eigenvalue weighted by atomic mass is 10.4. The Labute approximate surface area is 120 Å². The van der Waals surface area contributed by atoms with E-state index in [1.54, 1.807) is 6.92 Å². The molecule has 0 aromatic carbocycles. The molecule has 1 amide bonds. The van der Waals surface area contributed by atoms with Gasteiger partial charge < -0.3 is 10.4 Å². The van der Waals surface area contributed by atoms with Gasteiger partial charge in [0.15, 0.2) is 0 Å². The molecule has 1 aromatic rings. The second-order valence-electron chi connectivity index (χ2n) is 4.34. The van der Waals surface area contributed by atoms with E-state index in [1.165, 1.54) is 10.4 Å². The van der Waals surface area contributed by atoms with Crippen LogP contribution in [-0.2, 0) is 14.8 Å². The highest BCUT2D eigenvalue weighted by Gasteiger charge is 2.30. The van der Waals surface area contributed by atoms with Gasteiger partial charge in [0.2, 0.25) is 15.9 Å². The molecule has 1 fully saturated rings. The van der Waals surface area contributed by atoms with Crippen LogP contribution >= 0.6 is 11.3 Å². The molecule has 1 saturated heterocycles. The summed E-state index contributed by atoms with van der Waals surface area (Å²) >= 11 is 0.931. The minimum absolute atomic E-state index is 0.00856. The van der Waals surface area contributed by atoms with Crippen molar-refractivity contribution in [3.05, 3.63) is 15.8 Å². The minimum atomic E-state index is -3.76. The first kappa shape index (κ1) is 14.9. The number of aryl methyl sites for hydroxylation is 1. The number of carbonyl (C=O) groups excluding carboxylic acids is 1. The molecule has 0 aliphatic carbocycles. The van der Waals surface area contributed by atoms with Gasteiger partial charge in [-0.25, -0.2) is 13.2 Å². The third-order valence-corrected chi connectivity index (χ3v) is 6.17. The molecule has 1 aliphatic rings. The molecule has 2 rings (SSSR count). The molecule has 1 aliphatic heterocycles. The molecule has 0 bridgehead atoms. The van der Waals surface area contributed by atoms with Crippen LogP contribution < -0.4 is 5.32 Å². The fraction of sp³-hybridized carbons (Fsp3) is 0.455. The summed E-state index contributed by atoms with van der Waals surface area (Å²) in [5.41, 5.74) is 0. The fourth-order valence-corrected chi connectivity index (χ4v) is 4.79. The van der Waals surface area contributed by atoms with E-state index >= 15 is 0 Å². The molecule has 2 N–H and O–H groups in total. The first-order chi connectivity index (χ1) is 9.32. The summed E-state index contributed by atoms with van der Waals surface area (Å²) in [7, 11) is -3.76. The van der Waals surface area contributed by atoms with E-state index in [-0.39, 0.29) is 41.7 Å². The first-order valence-electron chi connectivity index (χ1n) is 5.93. The molecule has 0 unspecified atom stereocenters. The average molecular weight is 318 g/mol. The average Bonchev–Trinajstić information content (AvgIpc) is 2.62. The highest BCUT2D eigenvalue weighted by Crippen LogP contribution is 2.28. The molecular formula is C11H14N2O5S2. The van der Waals surface area contributed by atoms with Crippen molar-refractivity contribution in [3.8, 4) is 0 Å². The van der Waals surface area contributed by atoms with Gasteiger partial charge in [0.1, 0.15) is 4.88 Å². The molecular weight excluding hydrogens is 304 g/mol. The first-order valence-corrected chi connectivity index (χ1v) is 8.18. The number of rotatable bonds is 3. The van der Waals surface area contributed by atoms with E-state index in [0.29, 0.717) is 4.88 Å². The minimum Gasteiger partial charge on any atom is -0.477 e. The van der Waals surface area contributed by atoms with Gasteiger partial charge in [-0.3, -0.25) is 4.79 Å². The molecule has 1 aromatic heterocycles. The monoisotopic (exact) mass is 318 g/mol. The molecule has 7 nitrogen and oxygen atoms in total. The van der Waals surface area contributed by atoms with Crippen molar-refractivity contribution in [2.45, 2.75) is 18.2 Å². The zero-order valence-electron chi connectivity index (χ0n) is 10.7. The largest absolute Gasteiger partial charge is 0.477 e. The van der Waals surface area contributed by atoms with E-state index in [9.17, 15) is 18.0 Å². The van der Waals surface area contributed by atoms with E-state index in [2.05, 4.69) is 5.32 Å². The fourth-order valence-electron chi connectivity index (χ4n) is 1.95. The van der Waals surface area contributed by atoms with Crippen molar-refractivity contribution >= 4 is 33.2 Å². The van der Waals surface area contributed by atoms with Gasteiger partial charge in [-0.05, 0) is 13.0 Å². The summed E-state index contributed by atoms with van der Waals surface area (Å²) < 4.78 is 26.2. The van der Waals surface area contributed by atoms with Crippen molar-refractivity contribution in [2.75, 3.05) is 19.6 Å². The second-order valence-corrected chi connectivity index (χ2v) is 7.50. The van der Waals surface area contributed by atoms with E-state index in [4.69, 9.17) is 5.11 Å². The normalized spacial score (nSPS) is 17.6. The lowest BCUT2D eigenvalue weighted by Crippen LogP contribution is -2.34. The topological polar surface area (TPSA) is 104 Å². The van der Waals surface area contributed by atoms with Crippen LogP contribution in [0.1, 0.15) is 21.0 Å². The number of hydrogen-bond donors (Lipinski definition) is 2. The van der Waals surface area contributed by atoms with Crippen LogP contribution in [-0.4, -0.2) is 49.3 Å². The van der Waals surface area contributed by atoms with Crippen LogP contribution in [0.4, 0.5) is 0 Å². The zero-order valence-corrected chi connectivity index (χ0v) is 12.4. The standard InChI is InChI=1S/C11H14N2O5S2/c1-7-9(6-8(19-7)11(15)16)20(17,18)13-4-2-10(14)12-3-5-13/h6H,2-5H2,1H3,(H,12,14)(H,15,16). The van der Waals surface area contributed by atoms with Gasteiger partial charge in [0.25, 0.3) is 0 Å². The summed E-state index contributed by atoms with van der Waals surface area (Å²) in [5.74, 6) is -1.33. The van der Waals surface area contributed by atoms with Gasteiger partial charge in [-0.2, -0.15) is 4.31 Å². The number of nitrogens with one attached hydrogen (secondary N) is 1. The van der Waals surface area contributed by atoms with Crippen LogP contribution in [0.3, 0.4) is 0 Å². The van der Waals surface area contributed by atoms with Crippen molar-refractivity contribution in [2.24, 2.45) is 0 Å². The number of aromatic carboxylic acids is 1. The molecule has 20 heavy (non-hydrogen) atoms. The van der Waals surface area contributed by atoms with E-state index in [1.807, 2.05) is 0 Å². The highest BCUT2D eigenvalue weighted by molar-refractivity contribution is 7.89. The maximum atomic E-state index is 12.5. The van der Waals surface area contributed by atoms with Crippen molar-refractivity contribution < 1.29 is 23.1 Å². The Balaban J connectivity index is 2.34. The Morgan fingerprint density at radius 3 is 2.75 bits per heavy atom. The van der Waals surface area contributed by atoms with Gasteiger partial charge in [-0.1, -0.05) is 0 Å². The zero-order chi connectivity index (χ0) is 14.9. The molecule has 110 valence electrons. The van der Waals surface area contributed by atoms with Gasteiger partial charge >= 0.3 is 5.97 Å². The summed E-state index contributed by atoms with van der Waals surface area (Å²) in [5, 5.41) is 11.5.